The van der Waals surface area contributed by atoms with Crippen LogP contribution < -0.4 is 3.58 Å². The number of allylic oxidation sites excluding steroid dienone is 2. The molecule has 1 aliphatic rings. The predicted octanol–water partition coefficient (Wildman–Crippen LogP) is 8.29. The van der Waals surface area contributed by atoms with Crippen molar-refractivity contribution < 1.29 is 0 Å². The zero-order valence-corrected chi connectivity index (χ0v) is 23.3. The summed E-state index contributed by atoms with van der Waals surface area (Å²) in [5, 5.41) is 0. The Kier molecular flexibility index (Phi) is 6.21. The van der Waals surface area contributed by atoms with Crippen LogP contribution in [0.15, 0.2) is 152 Å². The second-order valence-electron chi connectivity index (χ2n) is 9.46. The first-order valence-corrected chi connectivity index (χ1v) is 19.7. The summed E-state index contributed by atoms with van der Waals surface area (Å²) in [5.74, 6) is 0. The summed E-state index contributed by atoms with van der Waals surface area (Å²) >= 11 is -3.50. The molecule has 0 radical (unpaired) electrons. The minimum atomic E-state index is -3.50. The van der Waals surface area contributed by atoms with Crippen LogP contribution in [0.1, 0.15) is 22.3 Å². The molecule has 0 fully saturated rings. The zero-order valence-electron chi connectivity index (χ0n) is 20.4. The SMILES string of the molecule is [CH3][Sn]1([c]2ccccc2)[C](c2ccccc2)=C(c2ccccc2)C(c2ccccc2)=[C]1c1ccccc1. The number of rotatable bonds is 5. The standard InChI is InChI=1S/C28H20.C6H5.CH3.Sn/c1-5-13-23(14-6-1)21-27(25-17-9-3-10-18-25)28(26-19-11-4-12-20-26)22-24-15-7-2-8-16-24;1-2-4-6-5-3-1;;/h1-20H;1-5H;1H3;. The van der Waals surface area contributed by atoms with Gasteiger partial charge in [-0.3, -0.25) is 0 Å². The van der Waals surface area contributed by atoms with Crippen molar-refractivity contribution in [1.29, 1.82) is 0 Å². The van der Waals surface area contributed by atoms with Gasteiger partial charge >= 0.3 is 219 Å². The van der Waals surface area contributed by atoms with Crippen molar-refractivity contribution in [1.82, 2.24) is 0 Å². The van der Waals surface area contributed by atoms with Crippen LogP contribution in [0.3, 0.4) is 0 Å². The molecule has 36 heavy (non-hydrogen) atoms. The van der Waals surface area contributed by atoms with Crippen LogP contribution in [0, 0.1) is 0 Å². The molecule has 0 nitrogen and oxygen atoms in total. The maximum atomic E-state index is 2.62. The van der Waals surface area contributed by atoms with E-state index in [0.29, 0.717) is 0 Å². The second kappa shape index (κ2) is 9.79. The van der Waals surface area contributed by atoms with Crippen LogP contribution in [0.2, 0.25) is 4.94 Å². The molecule has 0 N–H and O–H groups in total. The molecule has 1 heteroatoms. The van der Waals surface area contributed by atoms with E-state index in [1.807, 2.05) is 0 Å². The fourth-order valence-electron chi connectivity index (χ4n) is 5.80. The van der Waals surface area contributed by atoms with Crippen molar-refractivity contribution in [2.24, 2.45) is 0 Å². The molecule has 6 rings (SSSR count). The number of hydrogen-bond acceptors (Lipinski definition) is 0. The van der Waals surface area contributed by atoms with E-state index in [1.54, 1.807) is 7.18 Å². The summed E-state index contributed by atoms with van der Waals surface area (Å²) in [6, 6.07) is 55.6. The van der Waals surface area contributed by atoms with Gasteiger partial charge in [-0.1, -0.05) is 0 Å². The molecule has 5 aromatic rings. The molecule has 0 bridgehead atoms. The van der Waals surface area contributed by atoms with Crippen LogP contribution in [-0.2, 0) is 0 Å². The molecule has 0 unspecified atom stereocenters. The van der Waals surface area contributed by atoms with Crippen molar-refractivity contribution in [2.75, 3.05) is 0 Å². The van der Waals surface area contributed by atoms with E-state index in [1.165, 1.54) is 37.0 Å². The van der Waals surface area contributed by atoms with E-state index in [2.05, 4.69) is 157 Å². The molecule has 1 aliphatic heterocycles. The van der Waals surface area contributed by atoms with Gasteiger partial charge in [0.25, 0.3) is 0 Å². The summed E-state index contributed by atoms with van der Waals surface area (Å²) in [6.07, 6.45) is 0. The molecule has 0 saturated heterocycles. The topological polar surface area (TPSA) is 0 Å². The molecule has 1 heterocycles. The minimum absolute atomic E-state index is 1.29. The Bertz CT molecular complexity index is 1430. The normalized spacial score (nSPS) is 14.8. The third kappa shape index (κ3) is 3.86. The average molecular weight is 567 g/mol. The van der Waals surface area contributed by atoms with Crippen molar-refractivity contribution >= 4 is 40.3 Å². The van der Waals surface area contributed by atoms with Gasteiger partial charge in [0.05, 0.1) is 0 Å². The van der Waals surface area contributed by atoms with Gasteiger partial charge in [-0.2, -0.15) is 0 Å². The van der Waals surface area contributed by atoms with Crippen LogP contribution in [-0.4, -0.2) is 18.4 Å². The Morgan fingerprint density at radius 1 is 0.333 bits per heavy atom. The summed E-state index contributed by atoms with van der Waals surface area (Å²) in [5.41, 5.74) is 8.07. The third-order valence-electron chi connectivity index (χ3n) is 7.35. The van der Waals surface area contributed by atoms with Gasteiger partial charge in [-0.05, 0) is 0 Å². The Morgan fingerprint density at radius 2 is 0.611 bits per heavy atom. The molecule has 172 valence electrons. The second-order valence-corrected chi connectivity index (χ2v) is 20.4. The van der Waals surface area contributed by atoms with Gasteiger partial charge in [0.15, 0.2) is 0 Å². The molecule has 0 saturated carbocycles. The molecular formula is C35H28Sn. The van der Waals surface area contributed by atoms with Crippen LogP contribution >= 0.6 is 0 Å². The maximum absolute atomic E-state index is 3.50. The summed E-state index contributed by atoms with van der Waals surface area (Å²) in [7, 11) is 0. The molecule has 0 aliphatic carbocycles. The van der Waals surface area contributed by atoms with E-state index >= 15 is 0 Å². The fourth-order valence-corrected chi connectivity index (χ4v) is 19.2. The van der Waals surface area contributed by atoms with Gasteiger partial charge in [0.2, 0.25) is 0 Å². The van der Waals surface area contributed by atoms with Crippen molar-refractivity contribution in [3.05, 3.63) is 174 Å². The van der Waals surface area contributed by atoms with Gasteiger partial charge in [0, 0.05) is 0 Å². The first-order valence-electron chi connectivity index (χ1n) is 12.6. The van der Waals surface area contributed by atoms with E-state index in [0.717, 1.165) is 0 Å². The van der Waals surface area contributed by atoms with Gasteiger partial charge < -0.3 is 0 Å². The van der Waals surface area contributed by atoms with Crippen molar-refractivity contribution in [2.45, 2.75) is 4.94 Å². The Labute approximate surface area is 218 Å². The molecule has 0 aromatic heterocycles. The Balaban J connectivity index is 1.82. The summed E-state index contributed by atoms with van der Waals surface area (Å²) in [6.45, 7) is 0. The van der Waals surface area contributed by atoms with E-state index in [9.17, 15) is 0 Å². The van der Waals surface area contributed by atoms with Crippen LogP contribution in [0.25, 0.3) is 18.3 Å². The van der Waals surface area contributed by atoms with E-state index < -0.39 is 18.4 Å². The first kappa shape index (κ1) is 22.8. The number of hydrogen-bond donors (Lipinski definition) is 0. The molecule has 0 amide bonds. The Hall–Kier alpha value is -3.62. The first-order chi connectivity index (χ1) is 17.8. The van der Waals surface area contributed by atoms with E-state index in [4.69, 9.17) is 0 Å². The third-order valence-corrected chi connectivity index (χ3v) is 20.4. The van der Waals surface area contributed by atoms with Crippen molar-refractivity contribution in [3.63, 3.8) is 0 Å². The Morgan fingerprint density at radius 3 is 0.944 bits per heavy atom. The average Bonchev–Trinajstić information content (AvgIpc) is 3.25. The zero-order chi connectivity index (χ0) is 24.4. The van der Waals surface area contributed by atoms with Gasteiger partial charge in [0.1, 0.15) is 0 Å². The summed E-state index contributed by atoms with van der Waals surface area (Å²) < 4.78 is 4.61. The monoisotopic (exact) mass is 568 g/mol. The van der Waals surface area contributed by atoms with Crippen LogP contribution in [0.5, 0.6) is 0 Å². The molecular weight excluding hydrogens is 539 g/mol. The molecule has 0 spiro atoms. The van der Waals surface area contributed by atoms with Crippen molar-refractivity contribution in [3.8, 4) is 0 Å². The van der Waals surface area contributed by atoms with Gasteiger partial charge in [-0.15, -0.1) is 0 Å². The molecule has 0 atom stereocenters. The quantitative estimate of drug-likeness (QED) is 0.188. The van der Waals surface area contributed by atoms with Crippen LogP contribution in [0.4, 0.5) is 0 Å². The fraction of sp³-hybridized carbons (Fsp3) is 0.0286. The summed E-state index contributed by atoms with van der Waals surface area (Å²) in [4.78, 5) is 2.62. The predicted molar refractivity (Wildman–Crippen MR) is 157 cm³/mol. The van der Waals surface area contributed by atoms with E-state index in [-0.39, 0.29) is 0 Å². The number of benzene rings is 5. The molecule has 5 aromatic carbocycles. The van der Waals surface area contributed by atoms with Gasteiger partial charge in [-0.25, -0.2) is 0 Å².